The molecule has 1 N–H and O–H groups in total. The van der Waals surface area contributed by atoms with Gasteiger partial charge < -0.3 is 19.4 Å². The van der Waals surface area contributed by atoms with E-state index < -0.39 is 5.82 Å². The first-order valence-corrected chi connectivity index (χ1v) is 10.5. The highest BCUT2D eigenvalue weighted by atomic mass is 35.5. The Morgan fingerprint density at radius 1 is 1.23 bits per heavy atom. The first kappa shape index (κ1) is 20.5. The monoisotopic (exact) mass is 448 g/mol. The lowest BCUT2D eigenvalue weighted by atomic mass is 10.2. The number of nitrogens with one attached hydrogen (secondary N) is 1. The van der Waals surface area contributed by atoms with Crippen LogP contribution in [0.5, 0.6) is 11.5 Å². The van der Waals surface area contributed by atoms with Gasteiger partial charge in [-0.15, -0.1) is 10.2 Å². The lowest BCUT2D eigenvalue weighted by Gasteiger charge is -2.18. The van der Waals surface area contributed by atoms with Crippen molar-refractivity contribution in [2.45, 2.75) is 11.7 Å². The zero-order valence-corrected chi connectivity index (χ0v) is 17.6. The molecule has 1 aliphatic heterocycles. The molecular weight excluding hydrogens is 431 g/mol. The molecule has 2 aromatic carbocycles. The quantitative estimate of drug-likeness (QED) is 0.582. The number of rotatable bonds is 6. The summed E-state index contributed by atoms with van der Waals surface area (Å²) in [5, 5.41) is 11.9. The van der Waals surface area contributed by atoms with Crippen LogP contribution in [0.25, 0.3) is 11.4 Å². The fraction of sp³-hybridized carbons (Fsp3) is 0.250. The second kappa shape index (κ2) is 8.93. The summed E-state index contributed by atoms with van der Waals surface area (Å²) in [5.41, 5.74) is 1.09. The van der Waals surface area contributed by atoms with Crippen molar-refractivity contribution in [2.24, 2.45) is 7.05 Å². The van der Waals surface area contributed by atoms with E-state index in [1.54, 1.807) is 10.6 Å². The van der Waals surface area contributed by atoms with Crippen LogP contribution in [0.15, 0.2) is 41.6 Å². The van der Waals surface area contributed by atoms with Crippen molar-refractivity contribution in [3.8, 4) is 22.9 Å². The van der Waals surface area contributed by atoms with Crippen molar-refractivity contribution in [2.75, 3.05) is 19.0 Å². The third-order valence-corrected chi connectivity index (χ3v) is 5.87. The summed E-state index contributed by atoms with van der Waals surface area (Å²) in [6, 6.07) is 9.99. The van der Waals surface area contributed by atoms with Crippen molar-refractivity contribution in [1.29, 1.82) is 0 Å². The van der Waals surface area contributed by atoms with E-state index >= 15 is 0 Å². The zero-order valence-electron chi connectivity index (χ0n) is 16.0. The molecule has 1 aromatic heterocycles. The normalized spacial score (nSPS) is 12.6. The van der Waals surface area contributed by atoms with Gasteiger partial charge in [-0.05, 0) is 30.3 Å². The molecule has 30 heavy (non-hydrogen) atoms. The van der Waals surface area contributed by atoms with Gasteiger partial charge in [-0.1, -0.05) is 29.4 Å². The topological polar surface area (TPSA) is 78.3 Å². The fourth-order valence-corrected chi connectivity index (χ4v) is 3.91. The Kier molecular flexibility index (Phi) is 6.10. The fourth-order valence-electron chi connectivity index (χ4n) is 2.94. The van der Waals surface area contributed by atoms with E-state index in [4.69, 9.17) is 21.1 Å². The molecular formula is C20H18ClFN4O3S. The smallest absolute Gasteiger partial charge is 0.230 e. The average molecular weight is 449 g/mol. The number of hydrogen-bond acceptors (Lipinski definition) is 6. The number of aromatic nitrogens is 3. The number of benzene rings is 2. The third kappa shape index (κ3) is 4.36. The summed E-state index contributed by atoms with van der Waals surface area (Å²) >= 11 is 7.21. The number of thioether (sulfide) groups is 1. The van der Waals surface area contributed by atoms with Crippen molar-refractivity contribution in [1.82, 2.24) is 20.1 Å². The average Bonchev–Trinajstić information content (AvgIpc) is 3.12. The van der Waals surface area contributed by atoms with Gasteiger partial charge in [0.15, 0.2) is 22.5 Å². The largest absolute Gasteiger partial charge is 0.486 e. The van der Waals surface area contributed by atoms with Crippen molar-refractivity contribution >= 4 is 29.3 Å². The molecule has 0 aliphatic carbocycles. The number of carbonyl (C=O) groups is 1. The van der Waals surface area contributed by atoms with E-state index in [9.17, 15) is 9.18 Å². The minimum Gasteiger partial charge on any atom is -0.486 e. The zero-order chi connectivity index (χ0) is 21.1. The number of hydrogen-bond donors (Lipinski definition) is 1. The molecule has 0 bridgehead atoms. The Labute approximate surface area is 181 Å². The summed E-state index contributed by atoms with van der Waals surface area (Å²) in [5.74, 6) is 1.42. The molecule has 0 atom stereocenters. The number of nitrogens with zero attached hydrogens (tertiary/aromatic N) is 3. The first-order valence-electron chi connectivity index (χ1n) is 9.14. The molecule has 1 aliphatic rings. The van der Waals surface area contributed by atoms with Crippen LogP contribution in [0.2, 0.25) is 5.02 Å². The molecule has 0 unspecified atom stereocenters. The minimum atomic E-state index is -0.451. The van der Waals surface area contributed by atoms with Crippen LogP contribution >= 0.6 is 23.4 Å². The van der Waals surface area contributed by atoms with Crippen molar-refractivity contribution < 1.29 is 18.7 Å². The van der Waals surface area contributed by atoms with Crippen LogP contribution in [0.1, 0.15) is 5.56 Å². The SMILES string of the molecule is Cn1c(SCC(=O)NCc2c(F)cccc2Cl)nnc1-c1ccc2c(c1)OCCO2. The van der Waals surface area contributed by atoms with Gasteiger partial charge in [-0.25, -0.2) is 4.39 Å². The molecule has 0 spiro atoms. The summed E-state index contributed by atoms with van der Waals surface area (Å²) < 4.78 is 26.7. The van der Waals surface area contributed by atoms with Crippen LogP contribution in [0.3, 0.4) is 0 Å². The number of amides is 1. The molecule has 3 aromatic rings. The second-order valence-electron chi connectivity index (χ2n) is 6.49. The molecule has 4 rings (SSSR count). The maximum absolute atomic E-state index is 13.8. The highest BCUT2D eigenvalue weighted by Gasteiger charge is 2.17. The Bertz CT molecular complexity index is 1070. The molecule has 0 saturated carbocycles. The Morgan fingerprint density at radius 2 is 2.03 bits per heavy atom. The van der Waals surface area contributed by atoms with Crippen LogP contribution in [0.4, 0.5) is 4.39 Å². The van der Waals surface area contributed by atoms with Crippen LogP contribution in [0, 0.1) is 5.82 Å². The molecule has 2 heterocycles. The number of carbonyl (C=O) groups excluding carboxylic acids is 1. The maximum Gasteiger partial charge on any atom is 0.230 e. The molecule has 0 radical (unpaired) electrons. The minimum absolute atomic E-state index is 0.0200. The van der Waals surface area contributed by atoms with E-state index in [-0.39, 0.29) is 28.8 Å². The molecule has 0 saturated heterocycles. The number of ether oxygens (including phenoxy) is 2. The molecule has 7 nitrogen and oxygen atoms in total. The Morgan fingerprint density at radius 3 is 2.83 bits per heavy atom. The van der Waals surface area contributed by atoms with Gasteiger partial charge in [0, 0.05) is 29.7 Å². The van der Waals surface area contributed by atoms with Gasteiger partial charge in [-0.2, -0.15) is 0 Å². The molecule has 1 amide bonds. The van der Waals surface area contributed by atoms with Gasteiger partial charge in [0.1, 0.15) is 19.0 Å². The summed E-state index contributed by atoms with van der Waals surface area (Å²) in [6.45, 7) is 1.05. The summed E-state index contributed by atoms with van der Waals surface area (Å²) in [4.78, 5) is 12.2. The van der Waals surface area contributed by atoms with E-state index in [2.05, 4.69) is 15.5 Å². The third-order valence-electron chi connectivity index (χ3n) is 4.49. The van der Waals surface area contributed by atoms with Crippen LogP contribution in [-0.4, -0.2) is 39.6 Å². The van der Waals surface area contributed by atoms with E-state index in [1.807, 2.05) is 25.2 Å². The highest BCUT2D eigenvalue weighted by Crippen LogP contribution is 2.34. The van der Waals surface area contributed by atoms with Gasteiger partial charge in [0.05, 0.1) is 5.75 Å². The standard InChI is InChI=1S/C20H18ClFN4O3S/c1-26-19(12-5-6-16-17(9-12)29-8-7-28-16)24-25-20(26)30-11-18(27)23-10-13-14(21)3-2-4-15(13)22/h2-6,9H,7-8,10-11H2,1H3,(H,23,27). The predicted octanol–water partition coefficient (Wildman–Crippen LogP) is 3.45. The predicted molar refractivity (Wildman–Crippen MR) is 111 cm³/mol. The van der Waals surface area contributed by atoms with Crippen molar-refractivity contribution in [3.63, 3.8) is 0 Å². The van der Waals surface area contributed by atoms with Crippen LogP contribution < -0.4 is 14.8 Å². The highest BCUT2D eigenvalue weighted by molar-refractivity contribution is 7.99. The molecule has 156 valence electrons. The van der Waals surface area contributed by atoms with Crippen molar-refractivity contribution in [3.05, 3.63) is 52.8 Å². The van der Waals surface area contributed by atoms with Gasteiger partial charge >= 0.3 is 0 Å². The molecule has 0 fully saturated rings. The van der Waals surface area contributed by atoms with E-state index in [0.29, 0.717) is 35.7 Å². The molecule has 10 heteroatoms. The number of fused-ring (bicyclic) bond motifs is 1. The van der Waals surface area contributed by atoms with Gasteiger partial charge in [-0.3, -0.25) is 4.79 Å². The Hall–Kier alpha value is -2.78. The lowest BCUT2D eigenvalue weighted by molar-refractivity contribution is -0.118. The maximum atomic E-state index is 13.8. The Balaban J connectivity index is 1.38. The van der Waals surface area contributed by atoms with Gasteiger partial charge in [0.25, 0.3) is 0 Å². The van der Waals surface area contributed by atoms with Gasteiger partial charge in [0.2, 0.25) is 5.91 Å². The van der Waals surface area contributed by atoms with E-state index in [1.165, 1.54) is 23.9 Å². The van der Waals surface area contributed by atoms with Crippen LogP contribution in [-0.2, 0) is 18.4 Å². The summed E-state index contributed by atoms with van der Waals surface area (Å²) in [6.07, 6.45) is 0. The second-order valence-corrected chi connectivity index (χ2v) is 7.84. The number of halogens is 2. The first-order chi connectivity index (χ1) is 14.5. The lowest BCUT2D eigenvalue weighted by Crippen LogP contribution is -2.25. The summed E-state index contributed by atoms with van der Waals surface area (Å²) in [7, 11) is 1.82. The van der Waals surface area contributed by atoms with E-state index in [0.717, 1.165) is 5.56 Å².